The van der Waals surface area contributed by atoms with Gasteiger partial charge in [0, 0.05) is 13.1 Å². The van der Waals surface area contributed by atoms with E-state index in [1.54, 1.807) is 25.1 Å². The molecule has 0 aromatic heterocycles. The van der Waals surface area contributed by atoms with Gasteiger partial charge in [0.05, 0.1) is 11.5 Å². The van der Waals surface area contributed by atoms with Gasteiger partial charge in [0.15, 0.2) is 0 Å². The molecule has 0 radical (unpaired) electrons. The van der Waals surface area contributed by atoms with Gasteiger partial charge < -0.3 is 5.11 Å². The number of hydrogen-bond donors (Lipinski definition) is 1. The van der Waals surface area contributed by atoms with Crippen LogP contribution in [0.5, 0.6) is 0 Å². The van der Waals surface area contributed by atoms with Crippen LogP contribution in [0.1, 0.15) is 25.0 Å². The maximum Gasteiger partial charge on any atom is 0.243 e. The molecule has 0 spiro atoms. The SMILES string of the molecule is CCN(CC)S(=O)(=O)c1cccc(CO)c1C. The zero-order chi connectivity index (χ0) is 13.1. The highest BCUT2D eigenvalue weighted by Gasteiger charge is 2.23. The Kier molecular flexibility index (Phi) is 4.68. The molecule has 4 nitrogen and oxygen atoms in total. The Morgan fingerprint density at radius 3 is 2.29 bits per heavy atom. The van der Waals surface area contributed by atoms with Crippen LogP contribution in [0.3, 0.4) is 0 Å². The van der Waals surface area contributed by atoms with Crippen LogP contribution in [0.4, 0.5) is 0 Å². The number of rotatable bonds is 5. The van der Waals surface area contributed by atoms with Crippen molar-refractivity contribution in [3.8, 4) is 0 Å². The van der Waals surface area contributed by atoms with Crippen molar-refractivity contribution in [1.29, 1.82) is 0 Å². The number of nitrogens with zero attached hydrogens (tertiary/aromatic N) is 1. The van der Waals surface area contributed by atoms with Crippen molar-refractivity contribution in [1.82, 2.24) is 4.31 Å². The molecule has 0 aliphatic carbocycles. The minimum Gasteiger partial charge on any atom is -0.392 e. The lowest BCUT2D eigenvalue weighted by atomic mass is 10.1. The molecule has 1 aromatic carbocycles. The van der Waals surface area contributed by atoms with Crippen molar-refractivity contribution in [3.05, 3.63) is 29.3 Å². The Morgan fingerprint density at radius 1 is 1.24 bits per heavy atom. The molecule has 0 aliphatic rings. The molecule has 1 rings (SSSR count). The van der Waals surface area contributed by atoms with Crippen molar-refractivity contribution in [2.24, 2.45) is 0 Å². The fourth-order valence-corrected chi connectivity index (χ4v) is 3.54. The van der Waals surface area contributed by atoms with E-state index in [1.165, 1.54) is 4.31 Å². The summed E-state index contributed by atoms with van der Waals surface area (Å²) >= 11 is 0. The fraction of sp³-hybridized carbons (Fsp3) is 0.500. The van der Waals surface area contributed by atoms with Gasteiger partial charge in [-0.25, -0.2) is 8.42 Å². The topological polar surface area (TPSA) is 57.6 Å². The smallest absolute Gasteiger partial charge is 0.243 e. The van der Waals surface area contributed by atoms with Crippen LogP contribution in [-0.2, 0) is 16.6 Å². The Balaban J connectivity index is 3.34. The predicted octanol–water partition coefficient (Wildman–Crippen LogP) is 1.52. The van der Waals surface area contributed by atoms with Crippen LogP contribution in [-0.4, -0.2) is 30.9 Å². The van der Waals surface area contributed by atoms with Crippen LogP contribution in [0.2, 0.25) is 0 Å². The minimum absolute atomic E-state index is 0.145. The molecule has 0 fully saturated rings. The lowest BCUT2D eigenvalue weighted by Crippen LogP contribution is -2.31. The van der Waals surface area contributed by atoms with Crippen LogP contribution in [0.25, 0.3) is 0 Å². The molecule has 0 amide bonds. The molecule has 1 aromatic rings. The van der Waals surface area contributed by atoms with Gasteiger partial charge >= 0.3 is 0 Å². The lowest BCUT2D eigenvalue weighted by Gasteiger charge is -2.20. The zero-order valence-electron chi connectivity index (χ0n) is 10.5. The Morgan fingerprint density at radius 2 is 1.82 bits per heavy atom. The quantitative estimate of drug-likeness (QED) is 0.870. The molecule has 0 heterocycles. The molecule has 5 heteroatoms. The molecule has 0 atom stereocenters. The van der Waals surface area contributed by atoms with Crippen LogP contribution in [0.15, 0.2) is 23.1 Å². The molecular weight excluding hydrogens is 238 g/mol. The van der Waals surface area contributed by atoms with E-state index in [9.17, 15) is 8.42 Å². The first-order chi connectivity index (χ1) is 7.98. The maximum absolute atomic E-state index is 12.3. The third kappa shape index (κ3) is 2.68. The summed E-state index contributed by atoms with van der Waals surface area (Å²) in [7, 11) is -3.44. The third-order valence-corrected chi connectivity index (χ3v) is 5.08. The molecule has 0 unspecified atom stereocenters. The van der Waals surface area contributed by atoms with Crippen molar-refractivity contribution >= 4 is 10.0 Å². The van der Waals surface area contributed by atoms with E-state index in [2.05, 4.69) is 0 Å². The summed E-state index contributed by atoms with van der Waals surface area (Å²) in [5.41, 5.74) is 1.28. The summed E-state index contributed by atoms with van der Waals surface area (Å²) in [6.07, 6.45) is 0. The molecule has 0 saturated carbocycles. The molecule has 96 valence electrons. The molecule has 0 aliphatic heterocycles. The fourth-order valence-electron chi connectivity index (χ4n) is 1.81. The maximum atomic E-state index is 12.3. The van der Waals surface area contributed by atoms with Gasteiger partial charge in [-0.2, -0.15) is 4.31 Å². The summed E-state index contributed by atoms with van der Waals surface area (Å²) < 4.78 is 26.1. The highest BCUT2D eigenvalue weighted by Crippen LogP contribution is 2.22. The summed E-state index contributed by atoms with van der Waals surface area (Å²) in [5.74, 6) is 0. The standard InChI is InChI=1S/C12H19NO3S/c1-4-13(5-2)17(15,16)12-8-6-7-11(9-14)10(12)3/h6-8,14H,4-5,9H2,1-3H3. The normalized spacial score (nSPS) is 12.1. The monoisotopic (exact) mass is 257 g/mol. The van der Waals surface area contributed by atoms with E-state index in [1.807, 2.05) is 13.8 Å². The van der Waals surface area contributed by atoms with Gasteiger partial charge in [-0.1, -0.05) is 26.0 Å². The lowest BCUT2D eigenvalue weighted by molar-refractivity contribution is 0.280. The number of hydrogen-bond acceptors (Lipinski definition) is 3. The van der Waals surface area contributed by atoms with Gasteiger partial charge in [-0.3, -0.25) is 0 Å². The van der Waals surface area contributed by atoms with Gasteiger partial charge in [0.2, 0.25) is 10.0 Å². The van der Waals surface area contributed by atoms with Gasteiger partial charge in [-0.05, 0) is 24.1 Å². The van der Waals surface area contributed by atoms with Crippen molar-refractivity contribution < 1.29 is 13.5 Å². The van der Waals surface area contributed by atoms with Crippen LogP contribution < -0.4 is 0 Å². The zero-order valence-corrected chi connectivity index (χ0v) is 11.3. The molecule has 0 saturated heterocycles. The highest BCUT2D eigenvalue weighted by molar-refractivity contribution is 7.89. The van der Waals surface area contributed by atoms with E-state index < -0.39 is 10.0 Å². The summed E-state index contributed by atoms with van der Waals surface area (Å²) in [5, 5.41) is 9.15. The Hall–Kier alpha value is -0.910. The van der Waals surface area contributed by atoms with E-state index in [0.717, 1.165) is 0 Å². The average Bonchev–Trinajstić information content (AvgIpc) is 2.30. The first-order valence-electron chi connectivity index (χ1n) is 5.68. The van der Waals surface area contributed by atoms with Gasteiger partial charge in [-0.15, -0.1) is 0 Å². The number of aliphatic hydroxyl groups excluding tert-OH is 1. The van der Waals surface area contributed by atoms with Crippen LogP contribution >= 0.6 is 0 Å². The second kappa shape index (κ2) is 5.62. The van der Waals surface area contributed by atoms with Crippen LogP contribution in [0, 0.1) is 6.92 Å². The predicted molar refractivity (Wildman–Crippen MR) is 67.2 cm³/mol. The van der Waals surface area contributed by atoms with Crippen molar-refractivity contribution in [3.63, 3.8) is 0 Å². The number of sulfonamides is 1. The van der Waals surface area contributed by atoms with Crippen molar-refractivity contribution in [2.45, 2.75) is 32.3 Å². The van der Waals surface area contributed by atoms with E-state index in [-0.39, 0.29) is 11.5 Å². The highest BCUT2D eigenvalue weighted by atomic mass is 32.2. The molecular formula is C12H19NO3S. The summed E-state index contributed by atoms with van der Waals surface area (Å²) in [6, 6.07) is 4.98. The second-order valence-corrected chi connectivity index (χ2v) is 5.69. The molecule has 1 N–H and O–H groups in total. The first kappa shape index (κ1) is 14.2. The second-order valence-electron chi connectivity index (χ2n) is 3.79. The van der Waals surface area contributed by atoms with Gasteiger partial charge in [0.25, 0.3) is 0 Å². The number of aliphatic hydroxyl groups is 1. The Labute approximate surface area is 103 Å². The Bertz CT molecular complexity index is 479. The van der Waals surface area contributed by atoms with E-state index >= 15 is 0 Å². The molecule has 0 bridgehead atoms. The average molecular weight is 257 g/mol. The van der Waals surface area contributed by atoms with E-state index in [0.29, 0.717) is 24.2 Å². The minimum atomic E-state index is -3.44. The van der Waals surface area contributed by atoms with E-state index in [4.69, 9.17) is 5.11 Å². The largest absolute Gasteiger partial charge is 0.392 e. The summed E-state index contributed by atoms with van der Waals surface area (Å²) in [4.78, 5) is 0.285. The van der Waals surface area contributed by atoms with Gasteiger partial charge in [0.1, 0.15) is 0 Å². The van der Waals surface area contributed by atoms with Crippen molar-refractivity contribution in [2.75, 3.05) is 13.1 Å². The third-order valence-electron chi connectivity index (χ3n) is 2.89. The molecule has 17 heavy (non-hydrogen) atoms. The first-order valence-corrected chi connectivity index (χ1v) is 7.12. The number of benzene rings is 1. The summed E-state index contributed by atoms with van der Waals surface area (Å²) in [6.45, 7) is 6.09.